The molecule has 1 heterocycles. The van der Waals surface area contributed by atoms with Crippen LogP contribution in [0.15, 0.2) is 40.9 Å². The third-order valence-electron chi connectivity index (χ3n) is 3.99. The van der Waals surface area contributed by atoms with Crippen molar-refractivity contribution >= 4 is 21.9 Å². The van der Waals surface area contributed by atoms with E-state index in [4.69, 9.17) is 9.47 Å². The highest BCUT2D eigenvalue weighted by molar-refractivity contribution is 9.10. The van der Waals surface area contributed by atoms with Crippen molar-refractivity contribution in [1.29, 1.82) is 0 Å². The van der Waals surface area contributed by atoms with Crippen LogP contribution in [0.2, 0.25) is 0 Å². The molecule has 9 heteroatoms. The lowest BCUT2D eigenvalue weighted by atomic mass is 10.2. The monoisotopic (exact) mass is 449 g/mol. The van der Waals surface area contributed by atoms with Gasteiger partial charge in [-0.1, -0.05) is 33.2 Å². The fourth-order valence-electron chi connectivity index (χ4n) is 2.55. The molecule has 0 bridgehead atoms. The molecule has 28 heavy (non-hydrogen) atoms. The van der Waals surface area contributed by atoms with Gasteiger partial charge in [0.2, 0.25) is 5.95 Å². The van der Waals surface area contributed by atoms with Crippen molar-refractivity contribution in [2.75, 3.05) is 11.9 Å². The predicted octanol–water partition coefficient (Wildman–Crippen LogP) is 4.18. The lowest BCUT2D eigenvalue weighted by Crippen LogP contribution is -2.09. The molecule has 3 rings (SSSR count). The Labute approximate surface area is 171 Å². The van der Waals surface area contributed by atoms with Crippen LogP contribution in [-0.4, -0.2) is 26.8 Å². The number of anilines is 1. The first kappa shape index (κ1) is 20.1. The Morgan fingerprint density at radius 2 is 1.86 bits per heavy atom. The molecule has 0 aliphatic carbocycles. The maximum atomic E-state index is 13.0. The molecule has 0 spiro atoms. The Morgan fingerprint density at radius 3 is 2.57 bits per heavy atom. The normalized spacial score (nSPS) is 10.7. The summed E-state index contributed by atoms with van der Waals surface area (Å²) in [7, 11) is 0. The Hall–Kier alpha value is -2.68. The number of tetrazole rings is 1. The molecule has 0 aliphatic rings. The number of halogens is 2. The fourth-order valence-corrected chi connectivity index (χ4v) is 3.02. The van der Waals surface area contributed by atoms with Gasteiger partial charge < -0.3 is 14.8 Å². The van der Waals surface area contributed by atoms with Gasteiger partial charge in [-0.3, -0.25) is 0 Å². The largest absolute Gasteiger partial charge is 0.490 e. The third-order valence-corrected chi connectivity index (χ3v) is 4.73. The van der Waals surface area contributed by atoms with E-state index in [1.807, 2.05) is 26.0 Å². The van der Waals surface area contributed by atoms with Crippen molar-refractivity contribution in [1.82, 2.24) is 20.2 Å². The molecule has 7 nitrogen and oxygen atoms in total. The summed E-state index contributed by atoms with van der Waals surface area (Å²) in [6, 6.07) is 10.0. The summed E-state index contributed by atoms with van der Waals surface area (Å²) >= 11 is 3.58. The second-order valence-corrected chi connectivity index (χ2v) is 6.76. The van der Waals surface area contributed by atoms with E-state index in [0.717, 1.165) is 15.6 Å². The topological polar surface area (TPSA) is 74.1 Å². The van der Waals surface area contributed by atoms with Crippen LogP contribution in [0.1, 0.15) is 25.0 Å². The van der Waals surface area contributed by atoms with Crippen LogP contribution in [0.25, 0.3) is 0 Å². The highest BCUT2D eigenvalue weighted by atomic mass is 79.9. The molecular formula is C19H21BrFN5O2. The predicted molar refractivity (Wildman–Crippen MR) is 107 cm³/mol. The quantitative estimate of drug-likeness (QED) is 0.527. The number of hydrogen-bond acceptors (Lipinski definition) is 6. The molecule has 0 fully saturated rings. The molecule has 1 aromatic heterocycles. The maximum absolute atomic E-state index is 13.0. The van der Waals surface area contributed by atoms with Crippen LogP contribution >= 0.6 is 15.9 Å². The third kappa shape index (κ3) is 4.98. The van der Waals surface area contributed by atoms with Gasteiger partial charge in [0, 0.05) is 17.6 Å². The fraction of sp³-hybridized carbons (Fsp3) is 0.316. The van der Waals surface area contributed by atoms with E-state index in [1.54, 1.807) is 16.8 Å². The minimum Gasteiger partial charge on any atom is -0.490 e. The number of aryl methyl sites for hydroxylation is 1. The van der Waals surface area contributed by atoms with Gasteiger partial charge in [-0.25, -0.2) is 9.07 Å². The summed E-state index contributed by atoms with van der Waals surface area (Å²) in [5.74, 6) is 1.58. The number of hydrogen-bond donors (Lipinski definition) is 1. The van der Waals surface area contributed by atoms with E-state index in [9.17, 15) is 4.39 Å². The molecular weight excluding hydrogens is 429 g/mol. The lowest BCUT2D eigenvalue weighted by molar-refractivity contribution is 0.269. The zero-order valence-corrected chi connectivity index (χ0v) is 17.2. The van der Waals surface area contributed by atoms with E-state index in [2.05, 4.69) is 36.8 Å². The standard InChI is InChI=1S/C19H21BrFN5O2/c1-3-26-19(23-24-25-26)22-11-14-9-17(27-4-2)18(10-16(14)20)28-12-13-5-7-15(21)8-6-13/h5-10H,3-4,11-12H2,1-2H3,(H,22,23,25). The van der Waals surface area contributed by atoms with E-state index in [-0.39, 0.29) is 5.82 Å². The summed E-state index contributed by atoms with van der Waals surface area (Å²) in [6.45, 7) is 5.90. The van der Waals surface area contributed by atoms with Crippen LogP contribution in [0.3, 0.4) is 0 Å². The molecule has 0 saturated heterocycles. The van der Waals surface area contributed by atoms with Crippen molar-refractivity contribution in [2.45, 2.75) is 33.5 Å². The number of nitrogens with one attached hydrogen (secondary N) is 1. The van der Waals surface area contributed by atoms with Gasteiger partial charge in [0.25, 0.3) is 0 Å². The van der Waals surface area contributed by atoms with Crippen molar-refractivity contribution in [2.24, 2.45) is 0 Å². The van der Waals surface area contributed by atoms with Crippen LogP contribution in [0, 0.1) is 5.82 Å². The Balaban J connectivity index is 1.74. The molecule has 148 valence electrons. The zero-order valence-electron chi connectivity index (χ0n) is 15.7. The first-order valence-electron chi connectivity index (χ1n) is 8.93. The second kappa shape index (κ2) is 9.50. The van der Waals surface area contributed by atoms with Gasteiger partial charge in [-0.15, -0.1) is 0 Å². The molecule has 0 unspecified atom stereocenters. The van der Waals surface area contributed by atoms with Gasteiger partial charge in [0.05, 0.1) is 6.61 Å². The van der Waals surface area contributed by atoms with Gasteiger partial charge in [-0.05, 0) is 59.7 Å². The minimum absolute atomic E-state index is 0.271. The van der Waals surface area contributed by atoms with Gasteiger partial charge in [-0.2, -0.15) is 0 Å². The lowest BCUT2D eigenvalue weighted by Gasteiger charge is -2.15. The molecule has 2 aromatic carbocycles. The summed E-state index contributed by atoms with van der Waals surface area (Å²) < 4.78 is 27.2. The van der Waals surface area contributed by atoms with Crippen molar-refractivity contribution in [3.05, 3.63) is 57.8 Å². The van der Waals surface area contributed by atoms with Crippen LogP contribution in [-0.2, 0) is 19.7 Å². The van der Waals surface area contributed by atoms with Crippen molar-refractivity contribution in [3.8, 4) is 11.5 Å². The smallest absolute Gasteiger partial charge is 0.243 e. The van der Waals surface area contributed by atoms with Crippen LogP contribution in [0.4, 0.5) is 10.3 Å². The molecule has 0 saturated carbocycles. The first-order valence-corrected chi connectivity index (χ1v) is 9.72. The van der Waals surface area contributed by atoms with Crippen molar-refractivity contribution in [3.63, 3.8) is 0 Å². The highest BCUT2D eigenvalue weighted by Gasteiger charge is 2.13. The first-order chi connectivity index (χ1) is 13.6. The number of benzene rings is 2. The number of rotatable bonds is 9. The average Bonchev–Trinajstić information content (AvgIpc) is 3.16. The minimum atomic E-state index is -0.271. The van der Waals surface area contributed by atoms with Gasteiger partial charge in [0.15, 0.2) is 11.5 Å². The second-order valence-electron chi connectivity index (χ2n) is 5.91. The maximum Gasteiger partial charge on any atom is 0.243 e. The zero-order chi connectivity index (χ0) is 19.9. The molecule has 0 aliphatic heterocycles. The number of aromatic nitrogens is 4. The Kier molecular flexibility index (Phi) is 6.80. The average molecular weight is 450 g/mol. The van der Waals surface area contributed by atoms with Crippen LogP contribution < -0.4 is 14.8 Å². The van der Waals surface area contributed by atoms with Gasteiger partial charge >= 0.3 is 0 Å². The summed E-state index contributed by atoms with van der Waals surface area (Å²) in [5, 5.41) is 14.8. The molecule has 0 amide bonds. The Morgan fingerprint density at radius 1 is 1.11 bits per heavy atom. The van der Waals surface area contributed by atoms with Crippen LogP contribution in [0.5, 0.6) is 11.5 Å². The number of nitrogens with zero attached hydrogens (tertiary/aromatic N) is 4. The van der Waals surface area contributed by atoms with E-state index in [0.29, 0.717) is 43.8 Å². The molecule has 1 N–H and O–H groups in total. The highest BCUT2D eigenvalue weighted by Crippen LogP contribution is 2.34. The van der Waals surface area contributed by atoms with Crippen molar-refractivity contribution < 1.29 is 13.9 Å². The summed E-state index contributed by atoms with van der Waals surface area (Å²) in [5.41, 5.74) is 1.85. The summed E-state index contributed by atoms with van der Waals surface area (Å²) in [4.78, 5) is 0. The van der Waals surface area contributed by atoms with Gasteiger partial charge in [0.1, 0.15) is 12.4 Å². The molecule has 3 aromatic rings. The molecule has 0 radical (unpaired) electrons. The number of ether oxygens (including phenoxy) is 2. The summed E-state index contributed by atoms with van der Waals surface area (Å²) in [6.07, 6.45) is 0. The Bertz CT molecular complexity index is 917. The van der Waals surface area contributed by atoms with E-state index >= 15 is 0 Å². The van der Waals surface area contributed by atoms with E-state index in [1.165, 1.54) is 12.1 Å². The van der Waals surface area contributed by atoms with E-state index < -0.39 is 0 Å². The SMILES string of the molecule is CCOc1cc(CNc2nnnn2CC)c(Br)cc1OCc1ccc(F)cc1. The molecule has 0 atom stereocenters.